The summed E-state index contributed by atoms with van der Waals surface area (Å²) in [6.45, 7) is -2.92. The van der Waals surface area contributed by atoms with Gasteiger partial charge >= 0.3 is 21.5 Å². The van der Waals surface area contributed by atoms with Crippen LogP contribution in [0.15, 0.2) is 0 Å². The molecule has 0 aromatic heterocycles. The standard InChI is InChI=1S/C4H5F5O4S/c5-1-2-13-3(6,7)4(8,9)14(10,11)12/h1-2H2,(H,10,11,12). The molecule has 4 nitrogen and oxygen atoms in total. The molecule has 0 fully saturated rings. The van der Waals surface area contributed by atoms with E-state index in [1.54, 1.807) is 0 Å². The molecule has 0 saturated heterocycles. The maximum absolute atomic E-state index is 12.2. The van der Waals surface area contributed by atoms with Crippen LogP contribution >= 0.6 is 0 Å². The van der Waals surface area contributed by atoms with Crippen LogP contribution in [0.3, 0.4) is 0 Å². The molecule has 0 bridgehead atoms. The summed E-state index contributed by atoms with van der Waals surface area (Å²) in [5, 5.41) is -5.81. The molecule has 0 aromatic rings. The van der Waals surface area contributed by atoms with Gasteiger partial charge in [-0.15, -0.1) is 0 Å². The summed E-state index contributed by atoms with van der Waals surface area (Å²) in [7, 11) is -6.32. The number of rotatable bonds is 5. The van der Waals surface area contributed by atoms with Crippen molar-refractivity contribution in [3.05, 3.63) is 0 Å². The second kappa shape index (κ2) is 3.95. The molecule has 0 heterocycles. The first kappa shape index (κ1) is 13.5. The van der Waals surface area contributed by atoms with Gasteiger partial charge in [0.25, 0.3) is 0 Å². The van der Waals surface area contributed by atoms with E-state index < -0.39 is 34.8 Å². The Kier molecular flexibility index (Phi) is 3.81. The summed E-state index contributed by atoms with van der Waals surface area (Å²) >= 11 is 0. The van der Waals surface area contributed by atoms with Crippen molar-refractivity contribution in [3.8, 4) is 0 Å². The molecule has 1 N–H and O–H groups in total. The molecule has 0 aliphatic carbocycles. The zero-order chi connectivity index (χ0) is 11.6. The zero-order valence-corrected chi connectivity index (χ0v) is 7.20. The van der Waals surface area contributed by atoms with Crippen LogP contribution in [0.5, 0.6) is 0 Å². The average Bonchev–Trinajstić information content (AvgIpc) is 1.98. The molecule has 0 atom stereocenters. The van der Waals surface area contributed by atoms with Crippen molar-refractivity contribution in [2.24, 2.45) is 0 Å². The molecule has 0 unspecified atom stereocenters. The van der Waals surface area contributed by atoms with Crippen LogP contribution in [0.1, 0.15) is 0 Å². The smallest absolute Gasteiger partial charge is 0.312 e. The Morgan fingerprint density at radius 3 is 1.93 bits per heavy atom. The Labute approximate surface area is 75.4 Å². The van der Waals surface area contributed by atoms with Gasteiger partial charge < -0.3 is 4.74 Å². The second-order valence-corrected chi connectivity index (χ2v) is 3.51. The first-order valence-electron chi connectivity index (χ1n) is 2.99. The number of alkyl halides is 5. The maximum atomic E-state index is 12.2. The van der Waals surface area contributed by atoms with E-state index in [0.29, 0.717) is 0 Å². The minimum atomic E-state index is -6.32. The van der Waals surface area contributed by atoms with E-state index in [1.165, 1.54) is 0 Å². The van der Waals surface area contributed by atoms with Crippen LogP contribution in [0.4, 0.5) is 22.0 Å². The Morgan fingerprint density at radius 1 is 1.21 bits per heavy atom. The first-order valence-corrected chi connectivity index (χ1v) is 4.43. The lowest BCUT2D eigenvalue weighted by atomic mass is 10.6. The van der Waals surface area contributed by atoms with Gasteiger partial charge in [0.1, 0.15) is 6.67 Å². The molecule has 0 spiro atoms. The molecule has 0 aliphatic heterocycles. The lowest BCUT2D eigenvalue weighted by Gasteiger charge is -2.22. The van der Waals surface area contributed by atoms with Gasteiger partial charge in [-0.25, -0.2) is 4.39 Å². The van der Waals surface area contributed by atoms with Gasteiger partial charge in [-0.1, -0.05) is 0 Å². The Bertz CT molecular complexity index is 286. The monoisotopic (exact) mass is 244 g/mol. The van der Waals surface area contributed by atoms with Crippen molar-refractivity contribution in [3.63, 3.8) is 0 Å². The molecule has 14 heavy (non-hydrogen) atoms. The van der Waals surface area contributed by atoms with Gasteiger partial charge in [0, 0.05) is 0 Å². The summed E-state index contributed by atoms with van der Waals surface area (Å²) in [6, 6.07) is 0. The summed E-state index contributed by atoms with van der Waals surface area (Å²) in [6.07, 6.45) is -5.48. The molecule has 0 radical (unpaired) electrons. The van der Waals surface area contributed by atoms with E-state index in [1.807, 2.05) is 0 Å². The Balaban J connectivity index is 4.88. The zero-order valence-electron chi connectivity index (χ0n) is 6.38. The molecule has 86 valence electrons. The van der Waals surface area contributed by atoms with E-state index >= 15 is 0 Å². The highest BCUT2D eigenvalue weighted by Gasteiger charge is 2.67. The van der Waals surface area contributed by atoms with Crippen molar-refractivity contribution in [2.45, 2.75) is 11.4 Å². The van der Waals surface area contributed by atoms with Crippen LogP contribution in [0, 0.1) is 0 Å². The normalized spacial score (nSPS) is 14.4. The predicted octanol–water partition coefficient (Wildman–Crippen LogP) is 1.05. The third-order valence-electron chi connectivity index (χ3n) is 1.02. The number of ether oxygens (including phenoxy) is 1. The van der Waals surface area contributed by atoms with Gasteiger partial charge in [0.2, 0.25) is 0 Å². The second-order valence-electron chi connectivity index (χ2n) is 2.05. The lowest BCUT2D eigenvalue weighted by molar-refractivity contribution is -0.318. The molecule has 0 rings (SSSR count). The number of hydrogen-bond acceptors (Lipinski definition) is 3. The van der Waals surface area contributed by atoms with E-state index in [4.69, 9.17) is 4.55 Å². The Hall–Kier alpha value is -0.480. The molecule has 0 saturated carbocycles. The SMILES string of the molecule is O=S(=O)(O)C(F)(F)C(F)(F)OCCF. The van der Waals surface area contributed by atoms with Gasteiger partial charge in [-0.2, -0.15) is 26.0 Å². The van der Waals surface area contributed by atoms with E-state index in [0.717, 1.165) is 0 Å². The first-order chi connectivity index (χ1) is 6.06. The highest BCUT2D eigenvalue weighted by molar-refractivity contribution is 7.86. The molecule has 0 aromatic carbocycles. The Morgan fingerprint density at radius 2 is 1.64 bits per heavy atom. The van der Waals surface area contributed by atoms with Crippen LogP contribution in [-0.4, -0.2) is 37.6 Å². The van der Waals surface area contributed by atoms with E-state index in [9.17, 15) is 30.4 Å². The van der Waals surface area contributed by atoms with Gasteiger partial charge in [0.15, 0.2) is 0 Å². The highest BCUT2D eigenvalue weighted by atomic mass is 32.2. The molecule has 0 amide bonds. The van der Waals surface area contributed by atoms with Gasteiger partial charge in [-0.05, 0) is 0 Å². The third-order valence-corrected chi connectivity index (χ3v) is 1.91. The summed E-state index contributed by atoms with van der Waals surface area (Å²) in [5.41, 5.74) is 0. The van der Waals surface area contributed by atoms with Crippen LogP contribution in [0.25, 0.3) is 0 Å². The van der Waals surface area contributed by atoms with Gasteiger partial charge in [-0.3, -0.25) is 4.55 Å². The van der Waals surface area contributed by atoms with Crippen molar-refractivity contribution < 1.29 is 39.7 Å². The van der Waals surface area contributed by atoms with E-state index in [-0.39, 0.29) is 0 Å². The molecule has 0 aliphatic rings. The van der Waals surface area contributed by atoms with E-state index in [2.05, 4.69) is 4.74 Å². The van der Waals surface area contributed by atoms with Crippen LogP contribution in [-0.2, 0) is 14.9 Å². The fourth-order valence-corrected chi connectivity index (χ4v) is 0.760. The number of halogens is 5. The summed E-state index contributed by atoms with van der Waals surface area (Å²) < 4.78 is 90.4. The quantitative estimate of drug-likeness (QED) is 0.579. The summed E-state index contributed by atoms with van der Waals surface area (Å²) in [5.74, 6) is 0. The third kappa shape index (κ3) is 2.51. The molecular formula is C4H5F5O4S. The lowest BCUT2D eigenvalue weighted by Crippen LogP contribution is -2.48. The maximum Gasteiger partial charge on any atom is 0.459 e. The predicted molar refractivity (Wildman–Crippen MR) is 33.4 cm³/mol. The average molecular weight is 244 g/mol. The highest BCUT2D eigenvalue weighted by Crippen LogP contribution is 2.38. The van der Waals surface area contributed by atoms with Crippen LogP contribution < -0.4 is 0 Å². The minimum Gasteiger partial charge on any atom is -0.312 e. The van der Waals surface area contributed by atoms with Crippen molar-refractivity contribution in [1.29, 1.82) is 0 Å². The van der Waals surface area contributed by atoms with Gasteiger partial charge in [0.05, 0.1) is 6.61 Å². The summed E-state index contributed by atoms with van der Waals surface area (Å²) in [4.78, 5) is 0. The minimum absolute atomic E-state index is 1.42. The van der Waals surface area contributed by atoms with Crippen molar-refractivity contribution in [1.82, 2.24) is 0 Å². The molecular weight excluding hydrogens is 239 g/mol. The largest absolute Gasteiger partial charge is 0.459 e. The molecule has 10 heteroatoms. The fourth-order valence-electron chi connectivity index (χ4n) is 0.401. The van der Waals surface area contributed by atoms with Crippen LogP contribution in [0.2, 0.25) is 0 Å². The topological polar surface area (TPSA) is 63.6 Å². The van der Waals surface area contributed by atoms with Crippen molar-refractivity contribution in [2.75, 3.05) is 13.3 Å². The fraction of sp³-hybridized carbons (Fsp3) is 1.00. The number of hydrogen-bond donors (Lipinski definition) is 1. The van der Waals surface area contributed by atoms with Crippen molar-refractivity contribution >= 4 is 10.1 Å².